The summed E-state index contributed by atoms with van der Waals surface area (Å²) in [5.74, 6) is -0.211. The molecule has 0 N–H and O–H groups in total. The fraction of sp³-hybridized carbons (Fsp3) is 0.786. The van der Waals surface area contributed by atoms with Crippen LogP contribution >= 0.6 is 0 Å². The van der Waals surface area contributed by atoms with Gasteiger partial charge in [0.15, 0.2) is 0 Å². The second-order valence-electron chi connectivity index (χ2n) is 4.30. The average Bonchev–Trinajstić information content (AvgIpc) is 2.21. The van der Waals surface area contributed by atoms with Gasteiger partial charge in [-0.2, -0.15) is 0 Å². The van der Waals surface area contributed by atoms with E-state index in [0.717, 1.165) is 6.42 Å². The normalized spacial score (nSPS) is 12.9. The van der Waals surface area contributed by atoms with E-state index in [1.807, 2.05) is 13.0 Å². The van der Waals surface area contributed by atoms with E-state index in [1.165, 1.54) is 45.4 Å². The molecule has 0 heterocycles. The molecule has 1 atom stereocenters. The minimum atomic E-state index is -0.211. The second-order valence-corrected chi connectivity index (χ2v) is 4.30. The highest BCUT2D eigenvalue weighted by molar-refractivity contribution is 5.66. The van der Waals surface area contributed by atoms with E-state index < -0.39 is 0 Å². The lowest BCUT2D eigenvalue weighted by molar-refractivity contribution is -0.143. The van der Waals surface area contributed by atoms with Gasteiger partial charge in [0.25, 0.3) is 0 Å². The zero-order valence-corrected chi connectivity index (χ0v) is 11.0. The van der Waals surface area contributed by atoms with Crippen molar-refractivity contribution in [2.24, 2.45) is 0 Å². The van der Waals surface area contributed by atoms with Gasteiger partial charge in [-0.1, -0.05) is 45.1 Å². The number of carbonyl (C=O) groups is 1. The minimum Gasteiger partial charge on any atom is -0.459 e. The van der Waals surface area contributed by atoms with E-state index in [9.17, 15) is 4.79 Å². The number of carbonyl (C=O) groups excluding carboxylic acids is 1. The molecule has 0 aliphatic rings. The Morgan fingerprint density at radius 1 is 1.19 bits per heavy atom. The molecule has 0 spiro atoms. The summed E-state index contributed by atoms with van der Waals surface area (Å²) in [5.41, 5.74) is 0. The SMILES string of the molecule is CCCCCCCC/C=C/[C@@H](C)OC(C)=O. The van der Waals surface area contributed by atoms with E-state index in [0.29, 0.717) is 0 Å². The smallest absolute Gasteiger partial charge is 0.303 e. The van der Waals surface area contributed by atoms with Gasteiger partial charge in [-0.15, -0.1) is 0 Å². The molecule has 0 aliphatic heterocycles. The van der Waals surface area contributed by atoms with Crippen LogP contribution in [0.4, 0.5) is 0 Å². The van der Waals surface area contributed by atoms with Crippen LogP contribution in [0.3, 0.4) is 0 Å². The van der Waals surface area contributed by atoms with Gasteiger partial charge in [-0.3, -0.25) is 4.79 Å². The third-order valence-corrected chi connectivity index (χ3v) is 2.48. The lowest BCUT2D eigenvalue weighted by atomic mass is 10.1. The van der Waals surface area contributed by atoms with Crippen molar-refractivity contribution in [3.8, 4) is 0 Å². The molecule has 0 saturated heterocycles. The van der Waals surface area contributed by atoms with Gasteiger partial charge < -0.3 is 4.74 Å². The molecule has 94 valence electrons. The van der Waals surface area contributed by atoms with Crippen molar-refractivity contribution in [3.63, 3.8) is 0 Å². The summed E-state index contributed by atoms with van der Waals surface area (Å²) in [6.07, 6.45) is 13.0. The van der Waals surface area contributed by atoms with E-state index >= 15 is 0 Å². The summed E-state index contributed by atoms with van der Waals surface area (Å²) < 4.78 is 4.98. The van der Waals surface area contributed by atoms with Crippen molar-refractivity contribution in [3.05, 3.63) is 12.2 Å². The Labute approximate surface area is 100 Å². The molecule has 0 unspecified atom stereocenters. The summed E-state index contributed by atoms with van der Waals surface area (Å²) in [4.78, 5) is 10.6. The van der Waals surface area contributed by atoms with Crippen LogP contribution in [0.5, 0.6) is 0 Å². The molecule has 0 bridgehead atoms. The lowest BCUT2D eigenvalue weighted by Crippen LogP contribution is -2.08. The number of esters is 1. The zero-order valence-electron chi connectivity index (χ0n) is 11.0. The monoisotopic (exact) mass is 226 g/mol. The molecule has 0 fully saturated rings. The topological polar surface area (TPSA) is 26.3 Å². The maximum Gasteiger partial charge on any atom is 0.303 e. The van der Waals surface area contributed by atoms with Crippen LogP contribution in [-0.2, 0) is 9.53 Å². The number of rotatable bonds is 9. The number of ether oxygens (including phenoxy) is 1. The van der Waals surface area contributed by atoms with Gasteiger partial charge in [0.05, 0.1) is 0 Å². The van der Waals surface area contributed by atoms with Gasteiger partial charge in [-0.25, -0.2) is 0 Å². The van der Waals surface area contributed by atoms with Crippen LogP contribution in [0.2, 0.25) is 0 Å². The minimum absolute atomic E-state index is 0.0856. The number of unbranched alkanes of at least 4 members (excludes halogenated alkanes) is 6. The Kier molecular flexibility index (Phi) is 10.2. The summed E-state index contributed by atoms with van der Waals surface area (Å²) in [6.45, 7) is 5.57. The molecule has 0 aromatic carbocycles. The molecule has 0 aliphatic carbocycles. The van der Waals surface area contributed by atoms with E-state index in [2.05, 4.69) is 13.0 Å². The molecule has 2 nitrogen and oxygen atoms in total. The fourth-order valence-electron chi connectivity index (χ4n) is 1.63. The van der Waals surface area contributed by atoms with Crippen molar-refractivity contribution >= 4 is 5.97 Å². The highest BCUT2D eigenvalue weighted by Gasteiger charge is 1.98. The Balaban J connectivity index is 3.30. The maximum atomic E-state index is 10.6. The van der Waals surface area contributed by atoms with Crippen LogP contribution in [0.25, 0.3) is 0 Å². The molecule has 2 heteroatoms. The maximum absolute atomic E-state index is 10.6. The average molecular weight is 226 g/mol. The van der Waals surface area contributed by atoms with Gasteiger partial charge in [0.2, 0.25) is 0 Å². The first-order valence-electron chi connectivity index (χ1n) is 6.50. The van der Waals surface area contributed by atoms with Crippen LogP contribution in [-0.4, -0.2) is 12.1 Å². The van der Waals surface area contributed by atoms with Crippen molar-refractivity contribution in [2.75, 3.05) is 0 Å². The first-order chi connectivity index (χ1) is 7.66. The van der Waals surface area contributed by atoms with Crippen LogP contribution < -0.4 is 0 Å². The summed E-state index contributed by atoms with van der Waals surface area (Å²) >= 11 is 0. The largest absolute Gasteiger partial charge is 0.459 e. The Morgan fingerprint density at radius 3 is 2.44 bits per heavy atom. The van der Waals surface area contributed by atoms with Crippen LogP contribution in [0, 0.1) is 0 Å². The number of hydrogen-bond donors (Lipinski definition) is 0. The zero-order chi connectivity index (χ0) is 12.2. The highest BCUT2D eigenvalue weighted by atomic mass is 16.5. The summed E-state index contributed by atoms with van der Waals surface area (Å²) in [5, 5.41) is 0. The molecule has 0 saturated carbocycles. The molecular weight excluding hydrogens is 200 g/mol. The predicted molar refractivity (Wildman–Crippen MR) is 68.4 cm³/mol. The third kappa shape index (κ3) is 11.3. The quantitative estimate of drug-likeness (QED) is 0.334. The molecule has 0 rings (SSSR count). The fourth-order valence-corrected chi connectivity index (χ4v) is 1.63. The van der Waals surface area contributed by atoms with Crippen molar-refractivity contribution in [1.29, 1.82) is 0 Å². The van der Waals surface area contributed by atoms with Crippen LogP contribution in [0.1, 0.15) is 65.7 Å². The Hall–Kier alpha value is -0.790. The van der Waals surface area contributed by atoms with E-state index in [1.54, 1.807) is 0 Å². The van der Waals surface area contributed by atoms with E-state index in [4.69, 9.17) is 4.74 Å². The van der Waals surface area contributed by atoms with Gasteiger partial charge >= 0.3 is 5.97 Å². The van der Waals surface area contributed by atoms with Crippen molar-refractivity contribution in [2.45, 2.75) is 71.8 Å². The van der Waals surface area contributed by atoms with Gasteiger partial charge in [0.1, 0.15) is 6.10 Å². The first kappa shape index (κ1) is 15.2. The van der Waals surface area contributed by atoms with Crippen molar-refractivity contribution in [1.82, 2.24) is 0 Å². The Morgan fingerprint density at radius 2 is 1.81 bits per heavy atom. The summed E-state index contributed by atoms with van der Waals surface area (Å²) in [7, 11) is 0. The molecule has 0 amide bonds. The lowest BCUT2D eigenvalue weighted by Gasteiger charge is -2.05. The van der Waals surface area contributed by atoms with Crippen LogP contribution in [0.15, 0.2) is 12.2 Å². The third-order valence-electron chi connectivity index (χ3n) is 2.48. The molecule has 0 aromatic rings. The summed E-state index contributed by atoms with van der Waals surface area (Å²) in [6, 6.07) is 0. The molecule has 0 radical (unpaired) electrons. The van der Waals surface area contributed by atoms with E-state index in [-0.39, 0.29) is 12.1 Å². The number of hydrogen-bond acceptors (Lipinski definition) is 2. The molecular formula is C14H26O2. The van der Waals surface area contributed by atoms with Gasteiger partial charge in [0, 0.05) is 6.92 Å². The number of allylic oxidation sites excluding steroid dienone is 1. The second kappa shape index (κ2) is 10.7. The molecule has 16 heavy (non-hydrogen) atoms. The predicted octanol–water partition coefficient (Wildman–Crippen LogP) is 4.24. The Bertz CT molecular complexity index is 197. The molecule has 0 aromatic heterocycles. The highest BCUT2D eigenvalue weighted by Crippen LogP contribution is 2.07. The van der Waals surface area contributed by atoms with Gasteiger partial charge in [-0.05, 0) is 25.8 Å². The first-order valence-corrected chi connectivity index (χ1v) is 6.50. The van der Waals surface area contributed by atoms with Crippen molar-refractivity contribution < 1.29 is 9.53 Å². The standard InChI is InChI=1S/C14H26O2/c1-4-5-6-7-8-9-10-11-12-13(2)16-14(3)15/h11-13H,4-10H2,1-3H3/b12-11+/t13-/m1/s1.